The van der Waals surface area contributed by atoms with Gasteiger partial charge in [-0.25, -0.2) is 12.7 Å². The summed E-state index contributed by atoms with van der Waals surface area (Å²) in [6.45, 7) is 1.29. The maximum absolute atomic E-state index is 12.3. The Labute approximate surface area is 111 Å². The van der Waals surface area contributed by atoms with Crippen LogP contribution in [0.5, 0.6) is 0 Å². The van der Waals surface area contributed by atoms with Gasteiger partial charge in [-0.15, -0.1) is 0 Å². The number of hydrogen-bond acceptors (Lipinski definition) is 5. The van der Waals surface area contributed by atoms with E-state index in [-0.39, 0.29) is 22.9 Å². The van der Waals surface area contributed by atoms with Gasteiger partial charge in [0, 0.05) is 24.8 Å². The lowest BCUT2D eigenvalue weighted by molar-refractivity contribution is 0.0852. The number of anilines is 1. The monoisotopic (exact) mass is 282 g/mol. The number of hydrogen-bond donors (Lipinski definition) is 1. The molecule has 1 amide bonds. The topological polar surface area (TPSA) is 89.7 Å². The van der Waals surface area contributed by atoms with Crippen molar-refractivity contribution in [1.29, 1.82) is 0 Å². The number of rotatable bonds is 2. The molecule has 1 unspecified atom stereocenters. The largest absolute Gasteiger partial charge is 0.399 e. The zero-order valence-corrected chi connectivity index (χ0v) is 11.0. The first-order valence-corrected chi connectivity index (χ1v) is 7.48. The first kappa shape index (κ1) is 12.4. The molecule has 19 heavy (non-hydrogen) atoms. The first-order chi connectivity index (χ1) is 9.00. The van der Waals surface area contributed by atoms with E-state index in [4.69, 9.17) is 10.5 Å². The van der Waals surface area contributed by atoms with Crippen molar-refractivity contribution < 1.29 is 17.9 Å². The molecule has 1 fully saturated rings. The summed E-state index contributed by atoms with van der Waals surface area (Å²) in [7, 11) is -3.76. The first-order valence-electron chi connectivity index (χ1n) is 6.04. The van der Waals surface area contributed by atoms with Gasteiger partial charge in [0.2, 0.25) is 0 Å². The number of sulfonamides is 1. The van der Waals surface area contributed by atoms with E-state index in [2.05, 4.69) is 0 Å². The van der Waals surface area contributed by atoms with Gasteiger partial charge in [0.1, 0.15) is 4.90 Å². The van der Waals surface area contributed by atoms with E-state index in [9.17, 15) is 13.2 Å². The van der Waals surface area contributed by atoms with Crippen molar-refractivity contribution in [1.82, 2.24) is 4.31 Å². The number of nitrogen functional groups attached to an aromatic ring is 1. The van der Waals surface area contributed by atoms with E-state index in [1.54, 1.807) is 0 Å². The third kappa shape index (κ3) is 1.89. The quantitative estimate of drug-likeness (QED) is 0.795. The molecule has 0 spiro atoms. The Morgan fingerprint density at radius 2 is 2.21 bits per heavy atom. The molecule has 2 N–H and O–H groups in total. The van der Waals surface area contributed by atoms with Crippen LogP contribution in [0.1, 0.15) is 16.8 Å². The van der Waals surface area contributed by atoms with Crippen molar-refractivity contribution >= 4 is 21.6 Å². The summed E-state index contributed by atoms with van der Waals surface area (Å²) in [5, 5.41) is 0. The zero-order valence-electron chi connectivity index (χ0n) is 10.2. The fourth-order valence-corrected chi connectivity index (χ4v) is 4.11. The van der Waals surface area contributed by atoms with Crippen LogP contribution in [0.2, 0.25) is 0 Å². The van der Waals surface area contributed by atoms with Gasteiger partial charge < -0.3 is 10.5 Å². The van der Waals surface area contributed by atoms with E-state index in [0.717, 1.165) is 10.7 Å². The van der Waals surface area contributed by atoms with Gasteiger partial charge in [-0.2, -0.15) is 0 Å². The van der Waals surface area contributed by atoms with Crippen molar-refractivity contribution in [3.05, 3.63) is 23.8 Å². The van der Waals surface area contributed by atoms with E-state index in [0.29, 0.717) is 18.9 Å². The molecule has 0 saturated carbocycles. The Morgan fingerprint density at radius 1 is 1.42 bits per heavy atom. The molecule has 1 saturated heterocycles. The highest BCUT2D eigenvalue weighted by Gasteiger charge is 2.42. The molecule has 0 aliphatic carbocycles. The Hall–Kier alpha value is -1.60. The zero-order chi connectivity index (χ0) is 13.6. The van der Waals surface area contributed by atoms with Gasteiger partial charge in [0.15, 0.2) is 0 Å². The number of carbonyl (C=O) groups excluding carboxylic acids is 1. The average Bonchev–Trinajstić information content (AvgIpc) is 2.92. The van der Waals surface area contributed by atoms with Gasteiger partial charge in [-0.3, -0.25) is 4.79 Å². The molecule has 1 aromatic carbocycles. The summed E-state index contributed by atoms with van der Waals surface area (Å²) in [6, 6.07) is 4.35. The Balaban J connectivity index is 1.98. The normalized spacial score (nSPS) is 24.7. The van der Waals surface area contributed by atoms with E-state index < -0.39 is 15.9 Å². The molecular weight excluding hydrogens is 268 g/mol. The lowest BCUT2D eigenvalue weighted by Gasteiger charge is -2.18. The number of amides is 1. The van der Waals surface area contributed by atoms with Crippen LogP contribution in [0, 0.1) is 5.92 Å². The van der Waals surface area contributed by atoms with Crippen LogP contribution in [0.3, 0.4) is 0 Å². The number of carbonyl (C=O) groups is 1. The molecule has 2 aliphatic rings. The summed E-state index contributed by atoms with van der Waals surface area (Å²) in [6.07, 6.45) is 0.776. The number of nitrogens with zero attached hydrogens (tertiary/aromatic N) is 1. The molecule has 3 rings (SSSR count). The van der Waals surface area contributed by atoms with Crippen LogP contribution in [-0.2, 0) is 14.8 Å². The Morgan fingerprint density at radius 3 is 2.89 bits per heavy atom. The SMILES string of the molecule is Nc1ccc2c(c1)S(=O)(=O)N(CC1CCOC1)C2=O. The molecule has 2 aliphatic heterocycles. The molecule has 7 heteroatoms. The van der Waals surface area contributed by atoms with Crippen LogP contribution >= 0.6 is 0 Å². The van der Waals surface area contributed by atoms with Gasteiger partial charge in [-0.1, -0.05) is 0 Å². The van der Waals surface area contributed by atoms with E-state index in [1.807, 2.05) is 0 Å². The van der Waals surface area contributed by atoms with Gasteiger partial charge in [0.05, 0.1) is 12.2 Å². The molecular formula is C12H14N2O4S. The van der Waals surface area contributed by atoms with Gasteiger partial charge >= 0.3 is 0 Å². The smallest absolute Gasteiger partial charge is 0.269 e. The van der Waals surface area contributed by atoms with Crippen LogP contribution in [-0.4, -0.2) is 38.4 Å². The lowest BCUT2D eigenvalue weighted by atomic mass is 10.1. The standard InChI is InChI=1S/C12H14N2O4S/c13-9-1-2-10-11(5-9)19(16,17)14(12(10)15)6-8-3-4-18-7-8/h1-2,5,8H,3-4,6-7,13H2. The minimum Gasteiger partial charge on any atom is -0.399 e. The van der Waals surface area contributed by atoms with Crippen molar-refractivity contribution in [3.8, 4) is 0 Å². The van der Waals surface area contributed by atoms with Crippen molar-refractivity contribution in [3.63, 3.8) is 0 Å². The molecule has 1 atom stereocenters. The highest BCUT2D eigenvalue weighted by molar-refractivity contribution is 7.90. The average molecular weight is 282 g/mol. The molecule has 2 heterocycles. The maximum atomic E-state index is 12.3. The molecule has 6 nitrogen and oxygen atoms in total. The van der Waals surface area contributed by atoms with Crippen LogP contribution < -0.4 is 5.73 Å². The number of fused-ring (bicyclic) bond motifs is 1. The van der Waals surface area contributed by atoms with Gasteiger partial charge in [-0.05, 0) is 24.6 Å². The lowest BCUT2D eigenvalue weighted by Crippen LogP contribution is -2.34. The van der Waals surface area contributed by atoms with E-state index >= 15 is 0 Å². The summed E-state index contributed by atoms with van der Waals surface area (Å²) in [4.78, 5) is 12.2. The minimum absolute atomic E-state index is 0.0106. The third-order valence-corrected chi connectivity index (χ3v) is 5.27. The highest BCUT2D eigenvalue weighted by Crippen LogP contribution is 2.33. The fourth-order valence-electron chi connectivity index (χ4n) is 2.43. The number of ether oxygens (including phenoxy) is 1. The Bertz CT molecular complexity index is 635. The maximum Gasteiger partial charge on any atom is 0.269 e. The molecule has 0 bridgehead atoms. The highest BCUT2D eigenvalue weighted by atomic mass is 32.2. The number of benzene rings is 1. The molecule has 0 aromatic heterocycles. The van der Waals surface area contributed by atoms with Crippen LogP contribution in [0.15, 0.2) is 23.1 Å². The Kier molecular flexibility index (Phi) is 2.75. The second-order valence-electron chi connectivity index (χ2n) is 4.83. The van der Waals surface area contributed by atoms with Crippen molar-refractivity contribution in [2.45, 2.75) is 11.3 Å². The van der Waals surface area contributed by atoms with Crippen molar-refractivity contribution in [2.75, 3.05) is 25.5 Å². The van der Waals surface area contributed by atoms with Crippen LogP contribution in [0.25, 0.3) is 0 Å². The fraction of sp³-hybridized carbons (Fsp3) is 0.417. The molecule has 1 aromatic rings. The van der Waals surface area contributed by atoms with E-state index in [1.165, 1.54) is 18.2 Å². The van der Waals surface area contributed by atoms with Crippen molar-refractivity contribution in [2.24, 2.45) is 5.92 Å². The predicted molar refractivity (Wildman–Crippen MR) is 68.0 cm³/mol. The summed E-state index contributed by atoms with van der Waals surface area (Å²) in [5.74, 6) is -0.396. The number of nitrogens with two attached hydrogens (primary N) is 1. The summed E-state index contributed by atoms with van der Waals surface area (Å²) in [5.41, 5.74) is 6.13. The summed E-state index contributed by atoms with van der Waals surface area (Å²) >= 11 is 0. The summed E-state index contributed by atoms with van der Waals surface area (Å²) < 4.78 is 30.8. The second-order valence-corrected chi connectivity index (χ2v) is 6.66. The van der Waals surface area contributed by atoms with Crippen LogP contribution in [0.4, 0.5) is 5.69 Å². The second kappa shape index (κ2) is 4.21. The third-order valence-electron chi connectivity index (χ3n) is 3.48. The molecule has 0 radical (unpaired) electrons. The molecule has 102 valence electrons. The van der Waals surface area contributed by atoms with Gasteiger partial charge in [0.25, 0.3) is 15.9 Å². The predicted octanol–water partition coefficient (Wildman–Crippen LogP) is 0.450. The minimum atomic E-state index is -3.76.